The number of hydrogen-bond donors (Lipinski definition) is 1. The minimum absolute atomic E-state index is 0.0836. The summed E-state index contributed by atoms with van der Waals surface area (Å²) in [5.41, 5.74) is 1.90. The fourth-order valence-electron chi connectivity index (χ4n) is 3.84. The van der Waals surface area contributed by atoms with Crippen molar-refractivity contribution in [2.24, 2.45) is 5.92 Å². The summed E-state index contributed by atoms with van der Waals surface area (Å²) >= 11 is 11.9. The third kappa shape index (κ3) is 5.85. The molecule has 35 heavy (non-hydrogen) atoms. The van der Waals surface area contributed by atoms with E-state index < -0.39 is 15.9 Å². The Hall–Kier alpha value is -2.91. The fraction of sp³-hybridized carbons (Fsp3) is 0.200. The van der Waals surface area contributed by atoms with E-state index in [9.17, 15) is 18.0 Å². The lowest BCUT2D eigenvalue weighted by Gasteiger charge is -2.18. The Balaban J connectivity index is 1.39. The highest BCUT2D eigenvalue weighted by Gasteiger charge is 2.35. The van der Waals surface area contributed by atoms with Crippen molar-refractivity contribution in [2.45, 2.75) is 17.9 Å². The fourth-order valence-corrected chi connectivity index (χ4v) is 5.31. The van der Waals surface area contributed by atoms with Crippen molar-refractivity contribution < 1.29 is 18.0 Å². The minimum atomic E-state index is -3.73. The molecule has 1 aliphatic heterocycles. The van der Waals surface area contributed by atoms with Crippen molar-refractivity contribution in [3.8, 4) is 0 Å². The van der Waals surface area contributed by atoms with Crippen LogP contribution in [-0.4, -0.2) is 38.1 Å². The first-order valence-electron chi connectivity index (χ1n) is 10.8. The molecule has 1 atom stereocenters. The number of hydrogen-bond acceptors (Lipinski definition) is 4. The average Bonchev–Trinajstić information content (AvgIpc) is 3.22. The van der Waals surface area contributed by atoms with Gasteiger partial charge < -0.3 is 10.2 Å². The zero-order valence-corrected chi connectivity index (χ0v) is 21.1. The lowest BCUT2D eigenvalue weighted by atomic mass is 10.1. The molecule has 0 saturated carbocycles. The Morgan fingerprint density at radius 2 is 1.71 bits per heavy atom. The molecular formula is C25H23Cl2N3O4S. The van der Waals surface area contributed by atoms with Gasteiger partial charge in [0.15, 0.2) is 0 Å². The predicted octanol–water partition coefficient (Wildman–Crippen LogP) is 4.81. The molecular weight excluding hydrogens is 509 g/mol. The van der Waals surface area contributed by atoms with Gasteiger partial charge in [-0.2, -0.15) is 4.31 Å². The maximum atomic E-state index is 12.9. The predicted molar refractivity (Wildman–Crippen MR) is 137 cm³/mol. The van der Waals surface area contributed by atoms with Crippen LogP contribution in [-0.2, 0) is 26.2 Å². The van der Waals surface area contributed by atoms with Crippen molar-refractivity contribution in [2.75, 3.05) is 23.8 Å². The van der Waals surface area contributed by atoms with Gasteiger partial charge in [0.1, 0.15) is 0 Å². The Kier molecular flexibility index (Phi) is 7.47. The van der Waals surface area contributed by atoms with Crippen LogP contribution in [0.4, 0.5) is 11.4 Å². The van der Waals surface area contributed by atoms with Crippen molar-refractivity contribution in [1.82, 2.24) is 4.31 Å². The summed E-state index contributed by atoms with van der Waals surface area (Å²) in [6, 6.07) is 19.8. The van der Waals surface area contributed by atoms with Crippen molar-refractivity contribution >= 4 is 56.4 Å². The van der Waals surface area contributed by atoms with Gasteiger partial charge in [0.05, 0.1) is 10.8 Å². The second-order valence-corrected chi connectivity index (χ2v) is 11.2. The molecule has 0 aliphatic carbocycles. The van der Waals surface area contributed by atoms with E-state index in [0.29, 0.717) is 21.4 Å². The topological polar surface area (TPSA) is 86.8 Å². The summed E-state index contributed by atoms with van der Waals surface area (Å²) in [5.74, 6) is -0.994. The Bertz CT molecular complexity index is 1350. The van der Waals surface area contributed by atoms with Crippen LogP contribution in [0.1, 0.15) is 12.0 Å². The largest absolute Gasteiger partial charge is 0.326 e. The molecule has 1 aliphatic rings. The first kappa shape index (κ1) is 25.2. The molecule has 7 nitrogen and oxygen atoms in total. The molecule has 3 aromatic carbocycles. The molecule has 0 radical (unpaired) electrons. The summed E-state index contributed by atoms with van der Waals surface area (Å²) in [4.78, 5) is 26.9. The van der Waals surface area contributed by atoms with E-state index in [4.69, 9.17) is 23.2 Å². The molecule has 1 fully saturated rings. The standard InChI is InChI=1S/C25H23Cl2N3O4S/c1-29(15-17-5-7-19(26)8-6-17)35(33,34)23-11-9-21(10-12-23)28-25(32)18-13-24(31)30(16-18)22-4-2-3-20(27)14-22/h2-12,14,18H,13,15-16H2,1H3,(H,28,32). The second kappa shape index (κ2) is 10.4. The van der Waals surface area contributed by atoms with Gasteiger partial charge in [0.2, 0.25) is 21.8 Å². The van der Waals surface area contributed by atoms with Crippen molar-refractivity contribution in [1.29, 1.82) is 0 Å². The van der Waals surface area contributed by atoms with Crippen LogP contribution in [0, 0.1) is 5.92 Å². The molecule has 0 aromatic heterocycles. The molecule has 10 heteroatoms. The number of sulfonamides is 1. The van der Waals surface area contributed by atoms with E-state index >= 15 is 0 Å². The van der Waals surface area contributed by atoms with Gasteiger partial charge in [-0.1, -0.05) is 41.4 Å². The molecule has 1 unspecified atom stereocenters. The number of nitrogens with zero attached hydrogens (tertiary/aromatic N) is 2. The zero-order valence-electron chi connectivity index (χ0n) is 18.8. The van der Waals surface area contributed by atoms with E-state index in [2.05, 4.69) is 5.32 Å². The van der Waals surface area contributed by atoms with Crippen LogP contribution < -0.4 is 10.2 Å². The summed E-state index contributed by atoms with van der Waals surface area (Å²) in [6.45, 7) is 0.434. The van der Waals surface area contributed by atoms with Crippen LogP contribution in [0.2, 0.25) is 10.0 Å². The van der Waals surface area contributed by atoms with Crippen molar-refractivity contribution in [3.63, 3.8) is 0 Å². The van der Waals surface area contributed by atoms with E-state index in [1.807, 2.05) is 0 Å². The normalized spacial score (nSPS) is 16.1. The highest BCUT2D eigenvalue weighted by molar-refractivity contribution is 7.89. The molecule has 1 N–H and O–H groups in total. The second-order valence-electron chi connectivity index (χ2n) is 8.29. The average molecular weight is 532 g/mol. The van der Waals surface area contributed by atoms with E-state index in [-0.39, 0.29) is 36.2 Å². The van der Waals surface area contributed by atoms with Gasteiger partial charge in [-0.3, -0.25) is 9.59 Å². The van der Waals surface area contributed by atoms with Crippen LogP contribution in [0.25, 0.3) is 0 Å². The Morgan fingerprint density at radius 1 is 1.03 bits per heavy atom. The molecule has 0 spiro atoms. The number of anilines is 2. The minimum Gasteiger partial charge on any atom is -0.326 e. The number of nitrogens with one attached hydrogen (secondary N) is 1. The molecule has 182 valence electrons. The van der Waals surface area contributed by atoms with Gasteiger partial charge >= 0.3 is 0 Å². The summed E-state index contributed by atoms with van der Waals surface area (Å²) < 4.78 is 27.1. The van der Waals surface area contributed by atoms with Crippen LogP contribution in [0.3, 0.4) is 0 Å². The highest BCUT2D eigenvalue weighted by atomic mass is 35.5. The Labute approximate surface area is 214 Å². The van der Waals surface area contributed by atoms with Gasteiger partial charge in [-0.05, 0) is 60.2 Å². The monoisotopic (exact) mass is 531 g/mol. The summed E-state index contributed by atoms with van der Waals surface area (Å²) in [6.07, 6.45) is 0.0836. The first-order valence-corrected chi connectivity index (χ1v) is 13.0. The van der Waals surface area contributed by atoms with Crippen LogP contribution in [0.5, 0.6) is 0 Å². The first-order chi connectivity index (χ1) is 16.6. The number of amides is 2. The number of benzene rings is 3. The third-order valence-corrected chi connectivity index (χ3v) is 8.07. The quantitative estimate of drug-likeness (QED) is 0.474. The smallest absolute Gasteiger partial charge is 0.243 e. The zero-order chi connectivity index (χ0) is 25.2. The molecule has 3 aromatic rings. The lowest BCUT2D eigenvalue weighted by molar-refractivity contribution is -0.122. The molecule has 2 amide bonds. The number of carbonyl (C=O) groups excluding carboxylic acids is 2. The van der Waals surface area contributed by atoms with Gasteiger partial charge in [-0.25, -0.2) is 8.42 Å². The van der Waals surface area contributed by atoms with Gasteiger partial charge in [-0.15, -0.1) is 0 Å². The molecule has 1 heterocycles. The Morgan fingerprint density at radius 3 is 2.37 bits per heavy atom. The summed E-state index contributed by atoms with van der Waals surface area (Å²) in [5, 5.41) is 3.87. The maximum absolute atomic E-state index is 12.9. The number of halogens is 2. The van der Waals surface area contributed by atoms with Crippen molar-refractivity contribution in [3.05, 3.63) is 88.4 Å². The maximum Gasteiger partial charge on any atom is 0.243 e. The van der Waals surface area contributed by atoms with Gasteiger partial charge in [0, 0.05) is 48.0 Å². The number of rotatable bonds is 7. The SMILES string of the molecule is CN(Cc1ccc(Cl)cc1)S(=O)(=O)c1ccc(NC(=O)C2CC(=O)N(c3cccc(Cl)c3)C2)cc1. The highest BCUT2D eigenvalue weighted by Crippen LogP contribution is 2.28. The van der Waals surface area contributed by atoms with E-state index in [1.165, 1.54) is 35.6 Å². The molecule has 4 rings (SSSR count). The van der Waals surface area contributed by atoms with Gasteiger partial charge in [0.25, 0.3) is 0 Å². The summed E-state index contributed by atoms with van der Waals surface area (Å²) in [7, 11) is -2.23. The number of carbonyl (C=O) groups is 2. The molecule has 0 bridgehead atoms. The third-order valence-electron chi connectivity index (χ3n) is 5.76. The van der Waals surface area contributed by atoms with E-state index in [1.54, 1.807) is 53.4 Å². The lowest BCUT2D eigenvalue weighted by Crippen LogP contribution is -2.28. The van der Waals surface area contributed by atoms with E-state index in [0.717, 1.165) is 5.56 Å². The molecule has 1 saturated heterocycles. The van der Waals surface area contributed by atoms with Crippen LogP contribution in [0.15, 0.2) is 77.7 Å². The van der Waals surface area contributed by atoms with Crippen LogP contribution >= 0.6 is 23.2 Å².